The van der Waals surface area contributed by atoms with E-state index in [0.717, 1.165) is 29.6 Å². The lowest BCUT2D eigenvalue weighted by Gasteiger charge is -2.17. The number of anilines is 1. The van der Waals surface area contributed by atoms with Crippen molar-refractivity contribution >= 4 is 29.2 Å². The second kappa shape index (κ2) is 6.31. The molecule has 2 unspecified atom stereocenters. The van der Waals surface area contributed by atoms with Crippen molar-refractivity contribution in [2.45, 2.75) is 35.7 Å². The van der Waals surface area contributed by atoms with Crippen molar-refractivity contribution < 1.29 is 13.2 Å². The molecular weight excluding hydrogens is 291 g/mol. The highest BCUT2D eigenvalue weighted by molar-refractivity contribution is 8.00. The maximum absolute atomic E-state index is 12.3. The zero-order chi connectivity index (χ0) is 13.9. The fourth-order valence-electron chi connectivity index (χ4n) is 2.01. The van der Waals surface area contributed by atoms with Crippen molar-refractivity contribution in [2.75, 3.05) is 16.8 Å². The first kappa shape index (κ1) is 14.9. The van der Waals surface area contributed by atoms with Gasteiger partial charge in [0.1, 0.15) is 0 Å². The number of alkyl halides is 3. The fraction of sp³-hybridized carbons (Fsp3) is 0.538. The molecule has 1 nitrogen and oxygen atoms in total. The smallest absolute Gasteiger partial charge is 0.381 e. The quantitative estimate of drug-likeness (QED) is 0.813. The van der Waals surface area contributed by atoms with Crippen LogP contribution in [0.1, 0.15) is 13.3 Å². The number of nitrogens with one attached hydrogen (secondary N) is 1. The third-order valence-corrected chi connectivity index (χ3v) is 5.33. The normalized spacial score (nSPS) is 23.6. The first-order chi connectivity index (χ1) is 8.94. The predicted octanol–water partition coefficient (Wildman–Crippen LogP) is 4.65. The van der Waals surface area contributed by atoms with Crippen LogP contribution in [0.4, 0.5) is 18.9 Å². The van der Waals surface area contributed by atoms with Gasteiger partial charge in [-0.15, -0.1) is 11.8 Å². The Morgan fingerprint density at radius 1 is 1.37 bits per heavy atom. The molecule has 0 bridgehead atoms. The molecule has 2 atom stereocenters. The van der Waals surface area contributed by atoms with E-state index in [0.29, 0.717) is 16.2 Å². The molecule has 0 amide bonds. The van der Waals surface area contributed by atoms with Gasteiger partial charge in [-0.3, -0.25) is 0 Å². The summed E-state index contributed by atoms with van der Waals surface area (Å²) < 4.78 is 36.9. The van der Waals surface area contributed by atoms with E-state index in [1.165, 1.54) is 0 Å². The summed E-state index contributed by atoms with van der Waals surface area (Å²) in [4.78, 5) is 0.671. The summed E-state index contributed by atoms with van der Waals surface area (Å²) in [6.45, 7) is 2.18. The fourth-order valence-corrected chi connectivity index (χ4v) is 3.93. The SMILES string of the molecule is CC1CC(Nc2ccccc2SCC(F)(F)F)CS1. The van der Waals surface area contributed by atoms with Gasteiger partial charge in [0.25, 0.3) is 0 Å². The number of thioether (sulfide) groups is 2. The van der Waals surface area contributed by atoms with Crippen LogP contribution in [0.3, 0.4) is 0 Å². The van der Waals surface area contributed by atoms with E-state index in [4.69, 9.17) is 0 Å². The summed E-state index contributed by atoms with van der Waals surface area (Å²) in [5.41, 5.74) is 0.816. The molecule has 1 aromatic rings. The van der Waals surface area contributed by atoms with Gasteiger partial charge in [-0.05, 0) is 18.6 Å². The minimum Gasteiger partial charge on any atom is -0.381 e. The summed E-state index contributed by atoms with van der Waals surface area (Å²) in [6, 6.07) is 7.57. The van der Waals surface area contributed by atoms with E-state index in [9.17, 15) is 13.2 Å². The molecule has 1 N–H and O–H groups in total. The van der Waals surface area contributed by atoms with Crippen LogP contribution in [-0.4, -0.2) is 29.0 Å². The number of para-hydroxylation sites is 1. The van der Waals surface area contributed by atoms with Crippen molar-refractivity contribution in [3.8, 4) is 0 Å². The van der Waals surface area contributed by atoms with Crippen LogP contribution in [0, 0.1) is 0 Å². The highest BCUT2D eigenvalue weighted by atomic mass is 32.2. The van der Waals surface area contributed by atoms with Gasteiger partial charge in [0.15, 0.2) is 0 Å². The van der Waals surface area contributed by atoms with Crippen molar-refractivity contribution in [2.24, 2.45) is 0 Å². The van der Waals surface area contributed by atoms with E-state index in [1.54, 1.807) is 12.1 Å². The van der Waals surface area contributed by atoms with Crippen LogP contribution < -0.4 is 5.32 Å². The summed E-state index contributed by atoms with van der Waals surface area (Å²) >= 11 is 2.74. The van der Waals surface area contributed by atoms with E-state index < -0.39 is 11.9 Å². The predicted molar refractivity (Wildman–Crippen MR) is 77.2 cm³/mol. The molecule has 0 radical (unpaired) electrons. The first-order valence-electron chi connectivity index (χ1n) is 6.11. The van der Waals surface area contributed by atoms with Crippen molar-refractivity contribution in [1.82, 2.24) is 0 Å². The Morgan fingerprint density at radius 3 is 2.74 bits per heavy atom. The van der Waals surface area contributed by atoms with Crippen LogP contribution >= 0.6 is 23.5 Å². The molecule has 0 saturated carbocycles. The lowest BCUT2D eigenvalue weighted by molar-refractivity contribution is -0.105. The Kier molecular flexibility index (Phi) is 4.95. The van der Waals surface area contributed by atoms with E-state index >= 15 is 0 Å². The number of halogens is 3. The summed E-state index contributed by atoms with van der Waals surface area (Å²) in [7, 11) is 0. The third-order valence-electron chi connectivity index (χ3n) is 2.84. The Bertz CT molecular complexity index is 423. The molecule has 1 aliphatic heterocycles. The van der Waals surface area contributed by atoms with E-state index in [-0.39, 0.29) is 0 Å². The van der Waals surface area contributed by atoms with Crippen molar-refractivity contribution in [1.29, 1.82) is 0 Å². The van der Waals surface area contributed by atoms with E-state index in [2.05, 4.69) is 12.2 Å². The number of hydrogen-bond acceptors (Lipinski definition) is 3. The molecule has 0 aromatic heterocycles. The second-order valence-corrected chi connectivity index (χ2v) is 7.11. The van der Waals surface area contributed by atoms with Crippen LogP contribution in [0.15, 0.2) is 29.2 Å². The van der Waals surface area contributed by atoms with Gasteiger partial charge in [-0.2, -0.15) is 24.9 Å². The lowest BCUT2D eigenvalue weighted by atomic mass is 10.2. The summed E-state index contributed by atoms with van der Waals surface area (Å²) in [5.74, 6) is 0.168. The van der Waals surface area contributed by atoms with Gasteiger partial charge in [0.05, 0.1) is 5.75 Å². The van der Waals surface area contributed by atoms with Crippen molar-refractivity contribution in [3.63, 3.8) is 0 Å². The molecule has 19 heavy (non-hydrogen) atoms. The minimum atomic E-state index is -4.13. The molecule has 1 saturated heterocycles. The Hall–Kier alpha value is -0.490. The molecular formula is C13H16F3NS2. The van der Waals surface area contributed by atoms with Crippen LogP contribution in [0.2, 0.25) is 0 Å². The molecule has 1 aromatic carbocycles. The van der Waals surface area contributed by atoms with Crippen LogP contribution in [0.5, 0.6) is 0 Å². The molecule has 2 rings (SSSR count). The van der Waals surface area contributed by atoms with Gasteiger partial charge < -0.3 is 5.32 Å². The summed E-state index contributed by atoms with van der Waals surface area (Å²) in [6.07, 6.45) is -3.07. The number of hydrogen-bond donors (Lipinski definition) is 1. The highest BCUT2D eigenvalue weighted by Gasteiger charge is 2.28. The highest BCUT2D eigenvalue weighted by Crippen LogP contribution is 2.34. The standard InChI is InChI=1S/C13H16F3NS2/c1-9-6-10(7-18-9)17-11-4-2-3-5-12(11)19-8-13(14,15)16/h2-5,9-10,17H,6-8H2,1H3. The van der Waals surface area contributed by atoms with Gasteiger partial charge in [0, 0.05) is 27.6 Å². The average molecular weight is 307 g/mol. The van der Waals surface area contributed by atoms with Gasteiger partial charge in [-0.1, -0.05) is 19.1 Å². The van der Waals surface area contributed by atoms with Crippen molar-refractivity contribution in [3.05, 3.63) is 24.3 Å². The molecule has 106 valence electrons. The van der Waals surface area contributed by atoms with Gasteiger partial charge >= 0.3 is 6.18 Å². The molecule has 6 heteroatoms. The second-order valence-electron chi connectivity index (χ2n) is 4.62. The van der Waals surface area contributed by atoms with Gasteiger partial charge in [0.2, 0.25) is 0 Å². The summed E-state index contributed by atoms with van der Waals surface area (Å²) in [5, 5.41) is 3.99. The van der Waals surface area contributed by atoms with Crippen LogP contribution in [0.25, 0.3) is 0 Å². The Morgan fingerprint density at radius 2 is 2.11 bits per heavy atom. The molecule has 1 aliphatic rings. The minimum absolute atomic E-state index is 0.354. The van der Waals surface area contributed by atoms with E-state index in [1.807, 2.05) is 23.9 Å². The number of benzene rings is 1. The monoisotopic (exact) mass is 307 g/mol. The maximum Gasteiger partial charge on any atom is 0.398 e. The zero-order valence-corrected chi connectivity index (χ0v) is 12.2. The molecule has 0 spiro atoms. The third kappa shape index (κ3) is 4.84. The Balaban J connectivity index is 1.99. The topological polar surface area (TPSA) is 12.0 Å². The van der Waals surface area contributed by atoms with Gasteiger partial charge in [-0.25, -0.2) is 0 Å². The number of rotatable bonds is 4. The molecule has 1 fully saturated rings. The first-order valence-corrected chi connectivity index (χ1v) is 8.14. The average Bonchev–Trinajstić information content (AvgIpc) is 2.73. The zero-order valence-electron chi connectivity index (χ0n) is 10.5. The Labute approximate surface area is 119 Å². The lowest BCUT2D eigenvalue weighted by Crippen LogP contribution is -2.19. The molecule has 1 heterocycles. The van der Waals surface area contributed by atoms with Crippen LogP contribution in [-0.2, 0) is 0 Å². The largest absolute Gasteiger partial charge is 0.398 e. The maximum atomic E-state index is 12.3. The molecule has 0 aliphatic carbocycles.